The molecule has 2 heterocycles. The second-order valence-electron chi connectivity index (χ2n) is 5.55. The predicted molar refractivity (Wildman–Crippen MR) is 95.2 cm³/mol. The predicted octanol–water partition coefficient (Wildman–Crippen LogP) is -0.189. The van der Waals surface area contributed by atoms with E-state index in [1.807, 2.05) is 22.1 Å². The van der Waals surface area contributed by atoms with Gasteiger partial charge in [0.2, 0.25) is 6.29 Å². The van der Waals surface area contributed by atoms with Gasteiger partial charge in [-0.1, -0.05) is 11.9 Å². The third kappa shape index (κ3) is 4.12. The van der Waals surface area contributed by atoms with Crippen LogP contribution in [0.25, 0.3) is 0 Å². The van der Waals surface area contributed by atoms with Gasteiger partial charge >= 0.3 is 0 Å². The number of hydrogen-bond donors (Lipinski definition) is 4. The summed E-state index contributed by atoms with van der Waals surface area (Å²) in [7, 11) is 0. The van der Waals surface area contributed by atoms with E-state index in [-0.39, 0.29) is 0 Å². The minimum absolute atomic E-state index is 0.429. The van der Waals surface area contributed by atoms with Crippen molar-refractivity contribution in [3.05, 3.63) is 29.8 Å². The van der Waals surface area contributed by atoms with Crippen LogP contribution in [0.5, 0.6) is 5.75 Å². The molecule has 0 saturated carbocycles. The number of aliphatic imine (C=N–C) groups is 1. The molecular weight excluding hydrogens is 368 g/mol. The van der Waals surface area contributed by atoms with Gasteiger partial charge in [-0.15, -0.1) is 0 Å². The van der Waals surface area contributed by atoms with E-state index in [2.05, 4.69) is 4.99 Å². The second kappa shape index (κ2) is 8.23. The molecule has 25 heavy (non-hydrogen) atoms. The zero-order chi connectivity index (χ0) is 18.0. The van der Waals surface area contributed by atoms with Crippen LogP contribution < -0.4 is 4.74 Å². The average molecular weight is 388 g/mol. The van der Waals surface area contributed by atoms with Crippen LogP contribution in [0.15, 0.2) is 29.3 Å². The Bertz CT molecular complexity index is 615. The van der Waals surface area contributed by atoms with Crippen molar-refractivity contribution in [3.8, 4) is 5.75 Å². The molecule has 0 radical (unpaired) electrons. The Kier molecular flexibility index (Phi) is 6.23. The van der Waals surface area contributed by atoms with Gasteiger partial charge < -0.3 is 29.9 Å². The summed E-state index contributed by atoms with van der Waals surface area (Å²) < 4.78 is 12.9. The molecule has 0 bridgehead atoms. The molecular formula is C15H20N2O6S2. The highest BCUT2D eigenvalue weighted by atomic mass is 32.2. The molecule has 0 amide bonds. The Hall–Kier alpha value is -0.850. The molecule has 138 valence electrons. The van der Waals surface area contributed by atoms with E-state index in [0.29, 0.717) is 12.4 Å². The lowest BCUT2D eigenvalue weighted by Crippen LogP contribution is -2.60. The minimum Gasteiger partial charge on any atom is -0.462 e. The molecule has 1 fully saturated rings. The number of hydrogen-bond acceptors (Lipinski definition) is 10. The third-order valence-corrected chi connectivity index (χ3v) is 5.97. The van der Waals surface area contributed by atoms with Gasteiger partial charge in [-0.25, -0.2) is 0 Å². The smallest absolute Gasteiger partial charge is 0.229 e. The number of rotatable bonds is 5. The van der Waals surface area contributed by atoms with Crippen molar-refractivity contribution in [2.45, 2.75) is 30.7 Å². The fourth-order valence-electron chi connectivity index (χ4n) is 2.49. The van der Waals surface area contributed by atoms with Crippen LogP contribution in [0.2, 0.25) is 0 Å². The van der Waals surface area contributed by atoms with Crippen molar-refractivity contribution in [2.75, 3.05) is 19.5 Å². The van der Waals surface area contributed by atoms with Crippen molar-refractivity contribution in [3.63, 3.8) is 0 Å². The molecule has 0 aliphatic carbocycles. The third-order valence-electron chi connectivity index (χ3n) is 3.92. The summed E-state index contributed by atoms with van der Waals surface area (Å²) in [6.45, 7) is 0.136. The average Bonchev–Trinajstić information content (AvgIpc) is 3.12. The number of aliphatic hydroxyl groups is 4. The van der Waals surface area contributed by atoms with Crippen molar-refractivity contribution in [1.29, 1.82) is 0 Å². The van der Waals surface area contributed by atoms with Gasteiger partial charge in [0, 0.05) is 5.56 Å². The highest BCUT2D eigenvalue weighted by Crippen LogP contribution is 2.30. The van der Waals surface area contributed by atoms with Crippen LogP contribution >= 0.6 is 23.9 Å². The molecule has 8 nitrogen and oxygen atoms in total. The summed E-state index contributed by atoms with van der Waals surface area (Å²) in [5.74, 6) is 0.429. The molecule has 1 saturated heterocycles. The van der Waals surface area contributed by atoms with Crippen molar-refractivity contribution >= 4 is 28.9 Å². The Labute approximate surface area is 153 Å². The van der Waals surface area contributed by atoms with Crippen LogP contribution in [0.4, 0.5) is 0 Å². The summed E-state index contributed by atoms with van der Waals surface area (Å²) in [4.78, 5) is 4.45. The molecule has 0 unspecified atom stereocenters. The van der Waals surface area contributed by atoms with Gasteiger partial charge in [-0.3, -0.25) is 4.99 Å². The summed E-state index contributed by atoms with van der Waals surface area (Å²) in [5, 5.41) is 39.7. The van der Waals surface area contributed by atoms with Gasteiger partial charge in [0.25, 0.3) is 0 Å². The topological polar surface area (TPSA) is 115 Å². The Balaban J connectivity index is 1.65. The van der Waals surface area contributed by atoms with E-state index in [4.69, 9.17) is 9.47 Å². The van der Waals surface area contributed by atoms with Gasteiger partial charge in [-0.05, 0) is 42.5 Å². The second-order valence-corrected chi connectivity index (χ2v) is 7.60. The molecule has 0 aromatic heterocycles. The van der Waals surface area contributed by atoms with Gasteiger partial charge in [0.05, 0.1) is 6.61 Å². The first-order valence-corrected chi connectivity index (χ1v) is 9.60. The standard InChI is InChI=1S/C15H20N2O6S2/c1-24-17-7-16-14(25-17)8-2-4-9(5-3-8)22-15-13(21)12(20)11(19)10(6-18)23-15/h2-5,10-13,15,18-21H,6-7H2,1H3/t10-,11-,12+,13-,15-/m1/s1. The molecule has 5 atom stereocenters. The number of aliphatic hydroxyl groups excluding tert-OH is 4. The van der Waals surface area contributed by atoms with Crippen LogP contribution in [0.1, 0.15) is 5.56 Å². The Morgan fingerprint density at radius 2 is 1.96 bits per heavy atom. The zero-order valence-electron chi connectivity index (χ0n) is 13.4. The maximum atomic E-state index is 9.99. The fraction of sp³-hybridized carbons (Fsp3) is 0.533. The van der Waals surface area contributed by atoms with Gasteiger partial charge in [0.15, 0.2) is 0 Å². The molecule has 1 aromatic carbocycles. The van der Waals surface area contributed by atoms with Gasteiger partial charge in [0.1, 0.15) is 41.9 Å². The Morgan fingerprint density at radius 3 is 2.56 bits per heavy atom. The lowest BCUT2D eigenvalue weighted by Gasteiger charge is -2.39. The fourth-order valence-corrected chi connectivity index (χ4v) is 3.84. The highest BCUT2D eigenvalue weighted by molar-refractivity contribution is 8.20. The van der Waals surface area contributed by atoms with E-state index < -0.39 is 37.3 Å². The van der Waals surface area contributed by atoms with E-state index in [0.717, 1.165) is 10.6 Å². The largest absolute Gasteiger partial charge is 0.462 e. The summed E-state index contributed by atoms with van der Waals surface area (Å²) in [5.41, 5.74) is 0.947. The van der Waals surface area contributed by atoms with E-state index in [1.165, 1.54) is 0 Å². The van der Waals surface area contributed by atoms with Crippen molar-refractivity contribution in [1.82, 2.24) is 3.71 Å². The molecule has 10 heteroatoms. The quantitative estimate of drug-likeness (QED) is 0.510. The number of benzene rings is 1. The van der Waals surface area contributed by atoms with Crippen LogP contribution in [-0.2, 0) is 4.74 Å². The summed E-state index contributed by atoms with van der Waals surface area (Å²) in [6, 6.07) is 7.10. The molecule has 2 aliphatic heterocycles. The van der Waals surface area contributed by atoms with E-state index >= 15 is 0 Å². The lowest BCUT2D eigenvalue weighted by atomic mass is 9.99. The minimum atomic E-state index is -1.46. The molecule has 4 N–H and O–H groups in total. The lowest BCUT2D eigenvalue weighted by molar-refractivity contribution is -0.277. The molecule has 2 aliphatic rings. The maximum absolute atomic E-state index is 9.99. The number of ether oxygens (including phenoxy) is 2. The summed E-state index contributed by atoms with van der Waals surface area (Å²) in [6.07, 6.45) is -4.49. The maximum Gasteiger partial charge on any atom is 0.229 e. The highest BCUT2D eigenvalue weighted by Gasteiger charge is 2.44. The normalized spacial score (nSPS) is 33.3. The summed E-state index contributed by atoms with van der Waals surface area (Å²) >= 11 is 3.17. The molecule has 0 spiro atoms. The molecule has 3 rings (SSSR count). The van der Waals surface area contributed by atoms with E-state index in [9.17, 15) is 20.4 Å². The zero-order valence-corrected chi connectivity index (χ0v) is 15.1. The van der Waals surface area contributed by atoms with Crippen LogP contribution in [-0.4, -0.2) is 79.4 Å². The number of nitrogens with zero attached hydrogens (tertiary/aromatic N) is 2. The SMILES string of the molecule is CSN1CN=C(c2ccc(O[C@@H]3O[C@H](CO)[C@@H](O)[C@H](O)[C@H]3O)cc2)S1. The Morgan fingerprint density at radius 1 is 1.24 bits per heavy atom. The molecule has 1 aromatic rings. The first-order valence-electron chi connectivity index (χ1n) is 7.65. The van der Waals surface area contributed by atoms with Crippen LogP contribution in [0.3, 0.4) is 0 Å². The van der Waals surface area contributed by atoms with Crippen LogP contribution in [0, 0.1) is 0 Å². The first-order chi connectivity index (χ1) is 12.0. The first kappa shape index (κ1) is 18.9. The van der Waals surface area contributed by atoms with Crippen molar-refractivity contribution < 1.29 is 29.9 Å². The van der Waals surface area contributed by atoms with Gasteiger partial charge in [-0.2, -0.15) is 3.71 Å². The van der Waals surface area contributed by atoms with E-state index in [1.54, 1.807) is 36.0 Å². The monoisotopic (exact) mass is 388 g/mol. The van der Waals surface area contributed by atoms with Crippen molar-refractivity contribution in [2.24, 2.45) is 4.99 Å².